The summed E-state index contributed by atoms with van der Waals surface area (Å²) in [6, 6.07) is 3.59. The van der Waals surface area contributed by atoms with Crippen LogP contribution in [0.1, 0.15) is 29.6 Å². The van der Waals surface area contributed by atoms with E-state index in [4.69, 9.17) is 5.73 Å². The van der Waals surface area contributed by atoms with Crippen molar-refractivity contribution in [2.45, 2.75) is 25.3 Å². The van der Waals surface area contributed by atoms with Gasteiger partial charge in [0.2, 0.25) is 0 Å². The molecule has 1 unspecified atom stereocenters. The van der Waals surface area contributed by atoms with Gasteiger partial charge in [-0.1, -0.05) is 0 Å². The fraction of sp³-hybridized carbons (Fsp3) is 0.462. The van der Waals surface area contributed by atoms with Crippen LogP contribution in [-0.2, 0) is 0 Å². The van der Waals surface area contributed by atoms with Crippen molar-refractivity contribution in [3.05, 3.63) is 33.9 Å². The lowest BCUT2D eigenvalue weighted by Crippen LogP contribution is -2.45. The predicted molar refractivity (Wildman–Crippen MR) is 73.3 cm³/mol. The number of rotatable bonds is 3. The third-order valence-electron chi connectivity index (χ3n) is 3.58. The minimum absolute atomic E-state index is 0.111. The molecule has 20 heavy (non-hydrogen) atoms. The van der Waals surface area contributed by atoms with Crippen LogP contribution in [0.4, 0.5) is 11.4 Å². The second kappa shape index (κ2) is 5.87. The Morgan fingerprint density at radius 3 is 2.90 bits per heavy atom. The van der Waals surface area contributed by atoms with Crippen LogP contribution in [0.2, 0.25) is 0 Å². The molecular weight excluding hydrogens is 262 g/mol. The van der Waals surface area contributed by atoms with Crippen LogP contribution in [0.15, 0.2) is 18.2 Å². The van der Waals surface area contributed by atoms with Crippen LogP contribution in [0.5, 0.6) is 0 Å². The summed E-state index contributed by atoms with van der Waals surface area (Å²) in [6.07, 6.45) is 2.55. The minimum atomic E-state index is -0.560. The standard InChI is InChI=1S/C13H17N3O4/c14-12-5-4-9(16(19)20)7-11(12)13(18)15-6-2-1-3-10(15)8-17/h4-5,7,10,17H,1-3,6,8,14H2. The van der Waals surface area contributed by atoms with Crippen molar-refractivity contribution >= 4 is 17.3 Å². The van der Waals surface area contributed by atoms with Crippen LogP contribution >= 0.6 is 0 Å². The second-order valence-electron chi connectivity index (χ2n) is 4.86. The highest BCUT2D eigenvalue weighted by Gasteiger charge is 2.28. The Labute approximate surface area is 116 Å². The first-order chi connectivity index (χ1) is 9.54. The van der Waals surface area contributed by atoms with Gasteiger partial charge >= 0.3 is 0 Å². The van der Waals surface area contributed by atoms with E-state index in [9.17, 15) is 20.0 Å². The van der Waals surface area contributed by atoms with Crippen LogP contribution in [0.25, 0.3) is 0 Å². The Bertz CT molecular complexity index is 532. The monoisotopic (exact) mass is 279 g/mol. The number of nitrogens with two attached hydrogens (primary N) is 1. The van der Waals surface area contributed by atoms with Gasteiger partial charge in [0.05, 0.1) is 23.1 Å². The fourth-order valence-corrected chi connectivity index (χ4v) is 2.46. The van der Waals surface area contributed by atoms with Crippen molar-refractivity contribution < 1.29 is 14.8 Å². The van der Waals surface area contributed by atoms with Crippen molar-refractivity contribution in [2.24, 2.45) is 0 Å². The number of anilines is 1. The molecule has 0 saturated carbocycles. The molecule has 1 aliphatic heterocycles. The Balaban J connectivity index is 2.32. The summed E-state index contributed by atoms with van der Waals surface area (Å²) in [7, 11) is 0. The molecule has 0 aromatic heterocycles. The van der Waals surface area contributed by atoms with Crippen LogP contribution in [0.3, 0.4) is 0 Å². The zero-order chi connectivity index (χ0) is 14.7. The van der Waals surface area contributed by atoms with Gasteiger partial charge < -0.3 is 15.7 Å². The zero-order valence-corrected chi connectivity index (χ0v) is 11.0. The lowest BCUT2D eigenvalue weighted by molar-refractivity contribution is -0.384. The quantitative estimate of drug-likeness (QED) is 0.490. The summed E-state index contributed by atoms with van der Waals surface area (Å²) < 4.78 is 0. The molecule has 0 radical (unpaired) electrons. The van der Waals surface area contributed by atoms with Gasteiger partial charge in [0.15, 0.2) is 0 Å². The van der Waals surface area contributed by atoms with E-state index in [0.29, 0.717) is 6.54 Å². The molecule has 108 valence electrons. The molecule has 1 aromatic rings. The van der Waals surface area contributed by atoms with Gasteiger partial charge in [0.25, 0.3) is 11.6 Å². The summed E-state index contributed by atoms with van der Waals surface area (Å²) >= 11 is 0. The highest BCUT2D eigenvalue weighted by Crippen LogP contribution is 2.25. The molecular formula is C13H17N3O4. The number of piperidine rings is 1. The van der Waals surface area contributed by atoms with Crippen molar-refractivity contribution in [3.8, 4) is 0 Å². The number of nitrogen functional groups attached to an aromatic ring is 1. The first kappa shape index (κ1) is 14.3. The number of carbonyl (C=O) groups excluding carboxylic acids is 1. The van der Waals surface area contributed by atoms with Gasteiger partial charge in [-0.2, -0.15) is 0 Å². The number of nitrogens with zero attached hydrogens (tertiary/aromatic N) is 2. The third kappa shape index (κ3) is 2.72. The van der Waals surface area contributed by atoms with E-state index in [0.717, 1.165) is 19.3 Å². The first-order valence-electron chi connectivity index (χ1n) is 6.50. The van der Waals surface area contributed by atoms with Crippen LogP contribution in [-0.4, -0.2) is 40.0 Å². The molecule has 0 spiro atoms. The molecule has 1 amide bonds. The highest BCUT2D eigenvalue weighted by molar-refractivity contribution is 6.00. The number of hydrogen-bond acceptors (Lipinski definition) is 5. The van der Waals surface area contributed by atoms with Crippen molar-refractivity contribution in [1.29, 1.82) is 0 Å². The Kier molecular flexibility index (Phi) is 4.19. The molecule has 1 saturated heterocycles. The van der Waals surface area contributed by atoms with Crippen LogP contribution in [0, 0.1) is 10.1 Å². The molecule has 1 fully saturated rings. The first-order valence-corrected chi connectivity index (χ1v) is 6.50. The van der Waals surface area contributed by atoms with Gasteiger partial charge in [-0.25, -0.2) is 0 Å². The summed E-state index contributed by atoms with van der Waals surface area (Å²) in [5, 5.41) is 20.1. The number of benzene rings is 1. The molecule has 3 N–H and O–H groups in total. The predicted octanol–water partition coefficient (Wildman–Crippen LogP) is 1.16. The Morgan fingerprint density at radius 2 is 2.25 bits per heavy atom. The number of aliphatic hydroxyl groups excluding tert-OH is 1. The number of aliphatic hydroxyl groups is 1. The van der Waals surface area contributed by atoms with Crippen molar-refractivity contribution in [3.63, 3.8) is 0 Å². The summed E-state index contributed by atoms with van der Waals surface area (Å²) in [5.41, 5.74) is 5.92. The van der Waals surface area contributed by atoms with Crippen molar-refractivity contribution in [2.75, 3.05) is 18.9 Å². The highest BCUT2D eigenvalue weighted by atomic mass is 16.6. The molecule has 1 aliphatic rings. The molecule has 1 aromatic carbocycles. The summed E-state index contributed by atoms with van der Waals surface area (Å²) in [5.74, 6) is -0.357. The molecule has 7 heteroatoms. The maximum atomic E-state index is 12.5. The van der Waals surface area contributed by atoms with E-state index in [-0.39, 0.29) is 35.5 Å². The van der Waals surface area contributed by atoms with Gasteiger partial charge in [0, 0.05) is 24.4 Å². The number of likely N-dealkylation sites (tertiary alicyclic amines) is 1. The topological polar surface area (TPSA) is 110 Å². The summed E-state index contributed by atoms with van der Waals surface area (Å²) in [6.45, 7) is 0.423. The molecule has 1 atom stereocenters. The average Bonchev–Trinajstić information content (AvgIpc) is 2.46. The van der Waals surface area contributed by atoms with Crippen molar-refractivity contribution in [1.82, 2.24) is 4.90 Å². The van der Waals surface area contributed by atoms with Gasteiger partial charge in [-0.3, -0.25) is 14.9 Å². The Hall–Kier alpha value is -2.15. The number of non-ortho nitro benzene ring substituents is 1. The maximum Gasteiger partial charge on any atom is 0.270 e. The third-order valence-corrected chi connectivity index (χ3v) is 3.58. The number of hydrogen-bond donors (Lipinski definition) is 2. The van der Waals surface area contributed by atoms with E-state index >= 15 is 0 Å². The number of carbonyl (C=O) groups is 1. The zero-order valence-electron chi connectivity index (χ0n) is 11.0. The minimum Gasteiger partial charge on any atom is -0.398 e. The lowest BCUT2D eigenvalue weighted by atomic mass is 10.0. The second-order valence-corrected chi connectivity index (χ2v) is 4.86. The lowest BCUT2D eigenvalue weighted by Gasteiger charge is -2.34. The molecule has 7 nitrogen and oxygen atoms in total. The number of nitro benzene ring substituents is 1. The maximum absolute atomic E-state index is 12.5. The fourth-order valence-electron chi connectivity index (χ4n) is 2.46. The molecule has 2 rings (SSSR count). The molecule has 0 aliphatic carbocycles. The normalized spacial score (nSPS) is 18.9. The number of amides is 1. The van der Waals surface area contributed by atoms with Crippen LogP contribution < -0.4 is 5.73 Å². The van der Waals surface area contributed by atoms with E-state index in [1.54, 1.807) is 4.90 Å². The van der Waals surface area contributed by atoms with Gasteiger partial charge in [0.1, 0.15) is 0 Å². The largest absolute Gasteiger partial charge is 0.398 e. The van der Waals surface area contributed by atoms with E-state index in [2.05, 4.69) is 0 Å². The van der Waals surface area contributed by atoms with E-state index < -0.39 is 4.92 Å². The van der Waals surface area contributed by atoms with E-state index in [1.807, 2.05) is 0 Å². The SMILES string of the molecule is Nc1ccc([N+](=O)[O-])cc1C(=O)N1CCCCC1CO. The van der Waals surface area contributed by atoms with Gasteiger partial charge in [-0.05, 0) is 25.3 Å². The smallest absolute Gasteiger partial charge is 0.270 e. The Morgan fingerprint density at radius 1 is 1.50 bits per heavy atom. The molecule has 0 bridgehead atoms. The van der Waals surface area contributed by atoms with E-state index in [1.165, 1.54) is 18.2 Å². The molecule has 1 heterocycles. The average molecular weight is 279 g/mol. The van der Waals surface area contributed by atoms with Gasteiger partial charge in [-0.15, -0.1) is 0 Å². The summed E-state index contributed by atoms with van der Waals surface area (Å²) in [4.78, 5) is 24.3. The number of nitro groups is 1.